The average Bonchev–Trinajstić information content (AvgIpc) is 3.18. The van der Waals surface area contributed by atoms with Gasteiger partial charge in [0.25, 0.3) is 0 Å². The van der Waals surface area contributed by atoms with E-state index in [4.69, 9.17) is 14.2 Å². The molecule has 0 fully saturated rings. The number of anilines is 1. The molecule has 1 aromatic heterocycles. The Hall–Kier alpha value is -3.32. The molecule has 0 aliphatic carbocycles. The Morgan fingerprint density at radius 3 is 2.43 bits per heavy atom. The van der Waals surface area contributed by atoms with E-state index in [0.29, 0.717) is 27.6 Å². The standard InChI is InChI=1S/C23H23NO5S/c1-4-29-23(26)18-14-20(15-8-6-5-7-9-15)30-22(18)24-21(25)12-16-10-11-17(27-2)13-19(16)28-3/h5-11,13-14H,4,12H2,1-3H3,(H,24,25). The number of thiophene rings is 1. The number of benzene rings is 2. The monoisotopic (exact) mass is 425 g/mol. The van der Waals surface area contributed by atoms with Crippen molar-refractivity contribution in [1.82, 2.24) is 0 Å². The Labute approximate surface area is 179 Å². The number of hydrogen-bond acceptors (Lipinski definition) is 6. The lowest BCUT2D eigenvalue weighted by Crippen LogP contribution is -2.16. The molecule has 156 valence electrons. The van der Waals surface area contributed by atoms with Crippen LogP contribution < -0.4 is 14.8 Å². The fourth-order valence-electron chi connectivity index (χ4n) is 2.93. The molecule has 1 heterocycles. The molecule has 0 aliphatic rings. The molecule has 0 unspecified atom stereocenters. The SMILES string of the molecule is CCOC(=O)c1cc(-c2ccccc2)sc1NC(=O)Cc1ccc(OC)cc1OC. The summed E-state index contributed by atoms with van der Waals surface area (Å²) in [5.41, 5.74) is 2.02. The lowest BCUT2D eigenvalue weighted by Gasteiger charge is -2.11. The van der Waals surface area contributed by atoms with Crippen LogP contribution in [0.25, 0.3) is 10.4 Å². The number of esters is 1. The van der Waals surface area contributed by atoms with Crippen LogP contribution in [0.4, 0.5) is 5.00 Å². The van der Waals surface area contributed by atoms with Crippen molar-refractivity contribution in [3.05, 3.63) is 65.7 Å². The minimum Gasteiger partial charge on any atom is -0.497 e. The van der Waals surface area contributed by atoms with Crippen LogP contribution in [0.2, 0.25) is 0 Å². The van der Waals surface area contributed by atoms with Crippen molar-refractivity contribution in [2.45, 2.75) is 13.3 Å². The minimum absolute atomic E-state index is 0.0913. The second kappa shape index (κ2) is 9.93. The van der Waals surface area contributed by atoms with Gasteiger partial charge in [0.05, 0.1) is 32.8 Å². The molecular formula is C23H23NO5S. The van der Waals surface area contributed by atoms with Crippen molar-refractivity contribution in [2.75, 3.05) is 26.1 Å². The molecule has 3 rings (SSSR count). The highest BCUT2D eigenvalue weighted by atomic mass is 32.1. The summed E-state index contributed by atoms with van der Waals surface area (Å²) in [6.45, 7) is 2.00. The molecule has 1 N–H and O–H groups in total. The average molecular weight is 426 g/mol. The fourth-order valence-corrected chi connectivity index (χ4v) is 4.00. The molecule has 0 bridgehead atoms. The summed E-state index contributed by atoms with van der Waals surface area (Å²) in [6.07, 6.45) is 0.0913. The van der Waals surface area contributed by atoms with Crippen molar-refractivity contribution >= 4 is 28.2 Å². The first-order chi connectivity index (χ1) is 14.5. The lowest BCUT2D eigenvalue weighted by molar-refractivity contribution is -0.115. The van der Waals surface area contributed by atoms with Gasteiger partial charge in [0.1, 0.15) is 16.5 Å². The molecule has 7 heteroatoms. The van der Waals surface area contributed by atoms with Gasteiger partial charge in [0, 0.05) is 16.5 Å². The van der Waals surface area contributed by atoms with Crippen LogP contribution in [0.3, 0.4) is 0 Å². The number of hydrogen-bond donors (Lipinski definition) is 1. The molecule has 2 aromatic carbocycles. The number of rotatable bonds is 8. The number of nitrogens with one attached hydrogen (secondary N) is 1. The van der Waals surface area contributed by atoms with Crippen molar-refractivity contribution in [3.63, 3.8) is 0 Å². The van der Waals surface area contributed by atoms with Crippen LogP contribution >= 0.6 is 11.3 Å². The van der Waals surface area contributed by atoms with Crippen LogP contribution in [0.1, 0.15) is 22.8 Å². The zero-order chi connectivity index (χ0) is 21.5. The van der Waals surface area contributed by atoms with Crippen molar-refractivity contribution < 1.29 is 23.8 Å². The molecular weight excluding hydrogens is 402 g/mol. The Morgan fingerprint density at radius 1 is 1.00 bits per heavy atom. The summed E-state index contributed by atoms with van der Waals surface area (Å²) in [5, 5.41) is 3.32. The van der Waals surface area contributed by atoms with Crippen LogP contribution in [0, 0.1) is 0 Å². The summed E-state index contributed by atoms with van der Waals surface area (Å²) >= 11 is 1.34. The first kappa shape index (κ1) is 21.4. The number of methoxy groups -OCH3 is 2. The van der Waals surface area contributed by atoms with E-state index in [2.05, 4.69) is 5.32 Å². The van der Waals surface area contributed by atoms with Gasteiger partial charge in [-0.15, -0.1) is 11.3 Å². The number of amides is 1. The van der Waals surface area contributed by atoms with Crippen molar-refractivity contribution in [1.29, 1.82) is 0 Å². The predicted molar refractivity (Wildman–Crippen MR) is 118 cm³/mol. The normalized spacial score (nSPS) is 10.4. The Morgan fingerprint density at radius 2 is 1.77 bits per heavy atom. The molecule has 0 spiro atoms. The maximum atomic E-state index is 12.7. The van der Waals surface area contributed by atoms with Crippen molar-refractivity contribution in [3.8, 4) is 21.9 Å². The molecule has 6 nitrogen and oxygen atoms in total. The summed E-state index contributed by atoms with van der Waals surface area (Å²) in [5.74, 6) is 0.483. The quantitative estimate of drug-likeness (QED) is 0.525. The Kier molecular flexibility index (Phi) is 7.08. The summed E-state index contributed by atoms with van der Waals surface area (Å²) in [4.78, 5) is 26.0. The number of carbonyl (C=O) groups excluding carboxylic acids is 2. The van der Waals surface area contributed by atoms with Crippen molar-refractivity contribution in [2.24, 2.45) is 0 Å². The Balaban J connectivity index is 1.85. The highest BCUT2D eigenvalue weighted by Gasteiger charge is 2.20. The third-order valence-corrected chi connectivity index (χ3v) is 5.48. The highest BCUT2D eigenvalue weighted by molar-refractivity contribution is 7.20. The molecule has 1 amide bonds. The van der Waals surface area contributed by atoms with Gasteiger partial charge in [-0.3, -0.25) is 4.79 Å². The molecule has 0 aliphatic heterocycles. The van der Waals surface area contributed by atoms with E-state index in [0.717, 1.165) is 10.4 Å². The summed E-state index contributed by atoms with van der Waals surface area (Å²) in [6, 6.07) is 16.7. The largest absolute Gasteiger partial charge is 0.497 e. The number of carbonyl (C=O) groups is 2. The molecule has 0 radical (unpaired) electrons. The smallest absolute Gasteiger partial charge is 0.341 e. The van der Waals surface area contributed by atoms with Gasteiger partial charge in [-0.1, -0.05) is 36.4 Å². The maximum Gasteiger partial charge on any atom is 0.341 e. The summed E-state index contributed by atoms with van der Waals surface area (Å²) in [7, 11) is 3.11. The molecule has 30 heavy (non-hydrogen) atoms. The zero-order valence-corrected chi connectivity index (χ0v) is 17.9. The van der Waals surface area contributed by atoms with E-state index < -0.39 is 5.97 Å². The second-order valence-corrected chi connectivity index (χ2v) is 7.39. The number of ether oxygens (including phenoxy) is 3. The first-order valence-electron chi connectivity index (χ1n) is 9.42. The van der Waals surface area contributed by atoms with Crippen LogP contribution in [-0.4, -0.2) is 32.7 Å². The minimum atomic E-state index is -0.465. The first-order valence-corrected chi connectivity index (χ1v) is 10.2. The molecule has 0 atom stereocenters. The van der Waals surface area contributed by atoms with E-state index in [1.54, 1.807) is 45.4 Å². The third-order valence-electron chi connectivity index (χ3n) is 4.38. The van der Waals surface area contributed by atoms with Crippen LogP contribution in [0.5, 0.6) is 11.5 Å². The topological polar surface area (TPSA) is 73.9 Å². The van der Waals surface area contributed by atoms with Gasteiger partial charge in [-0.05, 0) is 24.6 Å². The Bertz CT molecular complexity index is 1030. The van der Waals surface area contributed by atoms with E-state index in [9.17, 15) is 9.59 Å². The fraction of sp³-hybridized carbons (Fsp3) is 0.217. The van der Waals surface area contributed by atoms with E-state index in [1.165, 1.54) is 11.3 Å². The molecule has 0 saturated carbocycles. The van der Waals surface area contributed by atoms with E-state index in [-0.39, 0.29) is 18.9 Å². The van der Waals surface area contributed by atoms with Gasteiger partial charge >= 0.3 is 5.97 Å². The second-order valence-electron chi connectivity index (χ2n) is 6.34. The van der Waals surface area contributed by atoms with Gasteiger partial charge < -0.3 is 19.5 Å². The van der Waals surface area contributed by atoms with Gasteiger partial charge in [-0.25, -0.2) is 4.79 Å². The maximum absolute atomic E-state index is 12.7. The lowest BCUT2D eigenvalue weighted by atomic mass is 10.1. The summed E-state index contributed by atoms with van der Waals surface area (Å²) < 4.78 is 15.7. The molecule has 0 saturated heterocycles. The molecule has 3 aromatic rings. The van der Waals surface area contributed by atoms with E-state index >= 15 is 0 Å². The van der Waals surface area contributed by atoms with Crippen LogP contribution in [-0.2, 0) is 16.0 Å². The van der Waals surface area contributed by atoms with Gasteiger partial charge in [0.2, 0.25) is 5.91 Å². The van der Waals surface area contributed by atoms with Gasteiger partial charge in [0.15, 0.2) is 0 Å². The van der Waals surface area contributed by atoms with Crippen LogP contribution in [0.15, 0.2) is 54.6 Å². The third kappa shape index (κ3) is 4.99. The highest BCUT2D eigenvalue weighted by Crippen LogP contribution is 2.36. The zero-order valence-electron chi connectivity index (χ0n) is 17.1. The van der Waals surface area contributed by atoms with E-state index in [1.807, 2.05) is 30.3 Å². The van der Waals surface area contributed by atoms with Gasteiger partial charge in [-0.2, -0.15) is 0 Å². The predicted octanol–water partition coefficient (Wildman–Crippen LogP) is 4.79.